The van der Waals surface area contributed by atoms with E-state index in [0.29, 0.717) is 86.1 Å². The third-order valence-corrected chi connectivity index (χ3v) is 21.5. The molecule has 466 valence electrons. The third-order valence-electron chi connectivity index (χ3n) is 16.9. The zero-order valence-electron chi connectivity index (χ0n) is 48.6. The van der Waals surface area contributed by atoms with Crippen molar-refractivity contribution in [3.63, 3.8) is 0 Å². The largest absolute Gasteiger partial charge is 0.492 e. The number of benzene rings is 4. The predicted octanol–water partition coefficient (Wildman–Crippen LogP) is 8.63. The van der Waals surface area contributed by atoms with Gasteiger partial charge in [0.15, 0.2) is 0 Å². The zero-order chi connectivity index (χ0) is 61.6. The van der Waals surface area contributed by atoms with Gasteiger partial charge in [0.1, 0.15) is 46.3 Å². The van der Waals surface area contributed by atoms with E-state index in [1.54, 1.807) is 48.5 Å². The first-order chi connectivity index (χ1) is 40.4. The van der Waals surface area contributed by atoms with Crippen LogP contribution in [0.1, 0.15) is 162 Å². The van der Waals surface area contributed by atoms with E-state index in [0.717, 1.165) is 30.6 Å². The Morgan fingerprint density at radius 1 is 0.477 bits per heavy atom. The molecule has 0 radical (unpaired) electrons. The van der Waals surface area contributed by atoms with Crippen molar-refractivity contribution in [1.82, 2.24) is 0 Å². The van der Waals surface area contributed by atoms with Crippen LogP contribution in [0, 0.1) is 28.6 Å². The Balaban J connectivity index is 0.000000128. The fraction of sp³-hybridized carbons (Fsp3) is 0.533. The van der Waals surface area contributed by atoms with Crippen LogP contribution in [0.15, 0.2) is 90.4 Å². The third kappa shape index (κ3) is 15.3. The summed E-state index contributed by atoms with van der Waals surface area (Å²) in [6, 6.07) is 21.2. The minimum Gasteiger partial charge on any atom is -0.492 e. The van der Waals surface area contributed by atoms with Crippen molar-refractivity contribution in [1.29, 1.82) is 0 Å². The van der Waals surface area contributed by atoms with Gasteiger partial charge in [0.2, 0.25) is 5.92 Å². The molecule has 26 heteroatoms. The summed E-state index contributed by atoms with van der Waals surface area (Å²) in [7, 11) is -14.1. The highest BCUT2D eigenvalue weighted by atomic mass is 32.2. The minimum absolute atomic E-state index is 0.00533. The summed E-state index contributed by atoms with van der Waals surface area (Å²) in [5.41, 5.74) is 28.5. The lowest BCUT2D eigenvalue weighted by atomic mass is 9.50. The van der Waals surface area contributed by atoms with E-state index in [1.807, 2.05) is 24.3 Å². The highest BCUT2D eigenvalue weighted by Gasteiger charge is 2.51. The summed E-state index contributed by atoms with van der Waals surface area (Å²) >= 11 is 0. The van der Waals surface area contributed by atoms with Crippen LogP contribution in [-0.4, -0.2) is 88.4 Å². The Labute approximate surface area is 502 Å². The Kier molecular flexibility index (Phi) is 17.7. The van der Waals surface area contributed by atoms with Gasteiger partial charge in [-0.2, -0.15) is 0 Å². The molecule has 20 nitrogen and oxygen atoms in total. The molecule has 0 amide bonds. The molecule has 0 atom stereocenters. The van der Waals surface area contributed by atoms with E-state index in [1.165, 1.54) is 57.8 Å². The average Bonchev–Trinajstić information content (AvgIpc) is 1.10. The fourth-order valence-electron chi connectivity index (χ4n) is 13.7. The normalized spacial score (nSPS) is 25.8. The van der Waals surface area contributed by atoms with Crippen LogP contribution in [0.2, 0.25) is 0 Å². The number of sulfonamides is 4. The van der Waals surface area contributed by atoms with Gasteiger partial charge in [-0.25, -0.2) is 42.5 Å². The number of rotatable bonds is 9. The predicted molar refractivity (Wildman–Crippen MR) is 326 cm³/mol. The van der Waals surface area contributed by atoms with E-state index in [-0.39, 0.29) is 89.7 Å². The molecular weight excluding hydrogens is 1190 g/mol. The number of fused-ring (bicyclic) bond motifs is 4. The number of nitrogens with zero attached hydrogens (tertiary/aromatic N) is 4. The van der Waals surface area contributed by atoms with Crippen LogP contribution in [0.4, 0.5) is 8.78 Å². The maximum atomic E-state index is 13.2. The number of amidine groups is 4. The molecular formula is C60H76F2N8O12S4. The summed E-state index contributed by atoms with van der Waals surface area (Å²) in [5.74, 6) is 1.79. The number of alkyl halides is 2. The first-order valence-corrected chi connectivity index (χ1v) is 35.6. The molecule has 86 heavy (non-hydrogen) atoms. The molecule has 0 spiro atoms. The number of hydrogen-bond donors (Lipinski definition) is 4. The summed E-state index contributed by atoms with van der Waals surface area (Å²) < 4.78 is 158. The van der Waals surface area contributed by atoms with Crippen molar-refractivity contribution in [2.45, 2.75) is 158 Å². The van der Waals surface area contributed by atoms with Crippen molar-refractivity contribution in [3.8, 4) is 23.0 Å². The van der Waals surface area contributed by atoms with Gasteiger partial charge >= 0.3 is 0 Å². The molecule has 6 aliphatic carbocycles. The topological polar surface area (TPSA) is 327 Å². The molecule has 8 N–H and O–H groups in total. The van der Waals surface area contributed by atoms with Crippen LogP contribution >= 0.6 is 0 Å². The molecule has 4 aliphatic heterocycles. The Bertz CT molecular complexity index is 3820. The van der Waals surface area contributed by atoms with Gasteiger partial charge in [0, 0.05) is 18.3 Å². The van der Waals surface area contributed by atoms with Crippen molar-refractivity contribution in [2.24, 2.45) is 69.1 Å². The quantitative estimate of drug-likeness (QED) is 0.122. The van der Waals surface area contributed by atoms with Crippen LogP contribution in [0.25, 0.3) is 0 Å². The highest BCUT2D eigenvalue weighted by Crippen LogP contribution is 2.60. The lowest BCUT2D eigenvalue weighted by molar-refractivity contribution is -0.0745. The number of halogens is 2. The standard InChI is InChI=1S/C19H24N2O3S.C14H16F2N2O3S.C14H18N2O3S.C13H18N2O3S/c20-18-17-15(10-25(22,23)21-18)2-1-3-16(17)24-11-19-7-12-4-13(8-19)6-14(5-12)9-19;15-14(16)6-4-10(5-7-14)21-11-3-1-2-9-8-22(19,20)18-13(17)12(9)11;15-14-13-10(9-20(17,18)16-14)5-4-8-12(13)19-11-6-2-1-3-7-11;1-13(2,3)8-18-10-6-4-5-9-7-19(16,17)15-12(14)11(9)10/h1-3,12-14H,4-11H2,(H2,20,21);1-3,10H,4-8H2,(H2,17,18);4-5,8,11H,1-3,6-7,9H2,(H2,15,16);4-6H,7-8H2,1-3H3,(H2,14,15). The van der Waals surface area contributed by atoms with Gasteiger partial charge < -0.3 is 41.9 Å². The smallest absolute Gasteiger partial charge is 0.259 e. The second-order valence-electron chi connectivity index (χ2n) is 25.6. The van der Waals surface area contributed by atoms with Crippen LogP contribution in [0.3, 0.4) is 0 Å². The molecule has 0 saturated heterocycles. The van der Waals surface area contributed by atoms with Gasteiger partial charge in [-0.3, -0.25) is 0 Å². The lowest BCUT2D eigenvalue weighted by Gasteiger charge is -2.56. The average molecular weight is 1270 g/mol. The van der Waals surface area contributed by atoms with E-state index in [4.69, 9.17) is 41.9 Å². The van der Waals surface area contributed by atoms with Gasteiger partial charge in [-0.05, 0) is 147 Å². The van der Waals surface area contributed by atoms with Crippen LogP contribution in [0.5, 0.6) is 23.0 Å². The number of hydrogen-bond acceptors (Lipinski definition) is 16. The molecule has 4 aromatic carbocycles. The van der Waals surface area contributed by atoms with Crippen molar-refractivity contribution in [3.05, 3.63) is 117 Å². The fourth-order valence-corrected chi connectivity index (χ4v) is 18.1. The van der Waals surface area contributed by atoms with Crippen molar-refractivity contribution in [2.75, 3.05) is 13.2 Å². The van der Waals surface area contributed by atoms with Crippen LogP contribution < -0.4 is 41.9 Å². The zero-order valence-corrected chi connectivity index (χ0v) is 51.8. The molecule has 6 saturated carbocycles. The SMILES string of the molecule is CC(C)(C)COc1cccc2c1C(N)=NS(=O)(=O)C2.NC1=NS(=O)(=O)Cc2cccc(OC3CCC(F)(F)CC3)c21.NC1=NS(=O)(=O)Cc2cccc(OC3CCCCC3)c21.NC1=NS(=O)(=O)Cc2cccc(OCC34CC5CC(CC(C5)C3)C4)c21. The van der Waals surface area contributed by atoms with Crippen LogP contribution in [-0.2, 0) is 63.1 Å². The molecule has 4 heterocycles. The van der Waals surface area contributed by atoms with Gasteiger partial charge in [0.05, 0.1) is 70.7 Å². The van der Waals surface area contributed by atoms with E-state index in [2.05, 4.69) is 38.4 Å². The summed E-state index contributed by atoms with van der Waals surface area (Å²) in [4.78, 5) is 0. The molecule has 10 aliphatic rings. The molecule has 4 aromatic rings. The summed E-state index contributed by atoms with van der Waals surface area (Å²) in [6.07, 6.45) is 13.8. The maximum absolute atomic E-state index is 13.2. The minimum atomic E-state index is -3.60. The molecule has 0 aromatic heterocycles. The molecule has 4 bridgehead atoms. The van der Waals surface area contributed by atoms with E-state index >= 15 is 0 Å². The van der Waals surface area contributed by atoms with Gasteiger partial charge in [-0.1, -0.05) is 75.7 Å². The van der Waals surface area contributed by atoms with Gasteiger partial charge in [-0.15, -0.1) is 17.6 Å². The first-order valence-electron chi connectivity index (χ1n) is 29.2. The Hall–Kier alpha value is -6.38. The highest BCUT2D eigenvalue weighted by molar-refractivity contribution is 7.90. The Morgan fingerprint density at radius 3 is 1.16 bits per heavy atom. The molecule has 14 rings (SSSR count). The first kappa shape index (κ1) is 62.7. The maximum Gasteiger partial charge on any atom is 0.259 e. The molecule has 6 fully saturated rings. The van der Waals surface area contributed by atoms with E-state index in [9.17, 15) is 42.5 Å². The Morgan fingerprint density at radius 2 is 0.802 bits per heavy atom. The molecule has 0 unspecified atom stereocenters. The second kappa shape index (κ2) is 24.3. The van der Waals surface area contributed by atoms with E-state index < -0.39 is 46.0 Å². The summed E-state index contributed by atoms with van der Waals surface area (Å²) in [5, 5.41) is 0. The van der Waals surface area contributed by atoms with Gasteiger partial charge in [0.25, 0.3) is 40.1 Å². The summed E-state index contributed by atoms with van der Waals surface area (Å²) in [6.45, 7) is 7.41. The number of nitrogens with two attached hydrogens (primary N) is 4. The van der Waals surface area contributed by atoms with Crippen molar-refractivity contribution >= 4 is 63.4 Å². The lowest BCUT2D eigenvalue weighted by Crippen LogP contribution is -2.48. The second-order valence-corrected chi connectivity index (χ2v) is 32.1. The number of ether oxygens (including phenoxy) is 4. The van der Waals surface area contributed by atoms with Crippen molar-refractivity contribution < 1.29 is 61.4 Å². The monoisotopic (exact) mass is 1270 g/mol.